The quantitative estimate of drug-likeness (QED) is 0.257. The van der Waals surface area contributed by atoms with Crippen molar-refractivity contribution in [2.45, 2.75) is 6.55 Å². The van der Waals surface area contributed by atoms with Crippen LogP contribution in [0, 0.1) is 0 Å². The van der Waals surface area contributed by atoms with Gasteiger partial charge in [-0.3, -0.25) is 4.98 Å². The van der Waals surface area contributed by atoms with E-state index in [1.54, 1.807) is 0 Å². The van der Waals surface area contributed by atoms with E-state index in [1.165, 1.54) is 15.6 Å². The van der Waals surface area contributed by atoms with Crippen LogP contribution in [0.1, 0.15) is 0 Å². The maximum atomic E-state index is 6.75. The highest BCUT2D eigenvalue weighted by Gasteiger charge is 2.36. The fraction of sp³-hybridized carbons (Fsp3) is 0.0333. The van der Waals surface area contributed by atoms with E-state index < -0.39 is 8.07 Å². The number of hydrogen-bond acceptors (Lipinski definition) is 2. The lowest BCUT2D eigenvalue weighted by Gasteiger charge is -2.29. The minimum atomic E-state index is -2.31. The Morgan fingerprint density at radius 2 is 1.18 bits per heavy atom. The third-order valence-electron chi connectivity index (χ3n) is 6.71. The molecular weight excluding hydrogens is 418 g/mol. The molecule has 158 valence electrons. The molecule has 0 bridgehead atoms. The van der Waals surface area contributed by atoms with Crippen molar-refractivity contribution in [1.82, 2.24) is 4.98 Å². The lowest BCUT2D eigenvalue weighted by atomic mass is 10.1. The van der Waals surface area contributed by atoms with Crippen LogP contribution in [0.5, 0.6) is 0 Å². The van der Waals surface area contributed by atoms with Crippen LogP contribution in [0.3, 0.4) is 0 Å². The number of pyridine rings is 1. The third kappa shape index (κ3) is 3.12. The van der Waals surface area contributed by atoms with E-state index >= 15 is 0 Å². The largest absolute Gasteiger partial charge is 0.455 e. The summed E-state index contributed by atoms with van der Waals surface area (Å²) in [7, 11) is -2.31. The lowest BCUT2D eigenvalue weighted by Crippen LogP contribution is -2.64. The van der Waals surface area contributed by atoms with Gasteiger partial charge >= 0.3 is 0 Å². The van der Waals surface area contributed by atoms with Gasteiger partial charge in [0.25, 0.3) is 0 Å². The number of furan rings is 1. The molecule has 2 nitrogen and oxygen atoms in total. The van der Waals surface area contributed by atoms with Crippen LogP contribution in [0.2, 0.25) is 6.55 Å². The Kier molecular flexibility index (Phi) is 4.70. The van der Waals surface area contributed by atoms with Gasteiger partial charge in [-0.05, 0) is 33.8 Å². The van der Waals surface area contributed by atoms with Gasteiger partial charge in [-0.2, -0.15) is 0 Å². The molecule has 0 saturated carbocycles. The average Bonchev–Trinajstić information content (AvgIpc) is 3.29. The number of rotatable bonds is 4. The predicted octanol–water partition coefficient (Wildman–Crippen LogP) is 5.75. The van der Waals surface area contributed by atoms with Crippen LogP contribution in [-0.2, 0) is 0 Å². The third-order valence-corrected chi connectivity index (χ3v) is 11.2. The second-order valence-electron chi connectivity index (χ2n) is 8.54. The van der Waals surface area contributed by atoms with E-state index in [0.717, 1.165) is 33.2 Å². The molecular formula is C30H23NOSi. The molecule has 0 radical (unpaired) electrons. The second kappa shape index (κ2) is 7.87. The van der Waals surface area contributed by atoms with Gasteiger partial charge in [0.05, 0.1) is 5.69 Å². The average molecular weight is 442 g/mol. The zero-order valence-electron chi connectivity index (χ0n) is 18.4. The maximum Gasteiger partial charge on any atom is 0.150 e. The first-order valence-corrected chi connectivity index (χ1v) is 13.7. The fourth-order valence-corrected chi connectivity index (χ4v) is 8.70. The van der Waals surface area contributed by atoms with E-state index in [1.807, 2.05) is 24.4 Å². The summed E-state index contributed by atoms with van der Waals surface area (Å²) >= 11 is 0. The fourth-order valence-electron chi connectivity index (χ4n) is 4.96. The first-order valence-electron chi connectivity index (χ1n) is 11.2. The van der Waals surface area contributed by atoms with E-state index in [0.29, 0.717) is 0 Å². The van der Waals surface area contributed by atoms with Crippen LogP contribution in [0.4, 0.5) is 0 Å². The molecule has 0 aliphatic carbocycles. The Balaban J connectivity index is 1.69. The Hall–Kier alpha value is -3.95. The number of nitrogens with zero attached hydrogens (tertiary/aromatic N) is 1. The summed E-state index contributed by atoms with van der Waals surface area (Å²) in [6.07, 6.45) is 1.83. The summed E-state index contributed by atoms with van der Waals surface area (Å²) in [5.74, 6) is 0. The number of benzene rings is 4. The highest BCUT2D eigenvalue weighted by atomic mass is 28.3. The standard InChI is InChI=1S/C30H23NOSi/c1-33(22-12-4-2-5-13-22,23-14-6-3-7-15-23)28-20-11-17-25-24-16-10-18-26(29(24)32-30(25)28)27-19-8-9-21-31-27/h2-21H,1H3. The van der Waals surface area contributed by atoms with Crippen LogP contribution < -0.4 is 15.6 Å². The molecule has 0 amide bonds. The molecule has 6 aromatic rings. The first-order chi connectivity index (χ1) is 16.3. The van der Waals surface area contributed by atoms with Crippen molar-refractivity contribution in [2.75, 3.05) is 0 Å². The zero-order chi connectivity index (χ0) is 22.3. The summed E-state index contributed by atoms with van der Waals surface area (Å²) in [5.41, 5.74) is 3.83. The van der Waals surface area contributed by atoms with E-state index in [4.69, 9.17) is 4.42 Å². The number of fused-ring (bicyclic) bond motifs is 3. The Bertz CT molecular complexity index is 1520. The van der Waals surface area contributed by atoms with Crippen LogP contribution in [0.25, 0.3) is 33.2 Å². The Labute approximate surface area is 194 Å². The number of para-hydroxylation sites is 2. The molecule has 2 aromatic heterocycles. The number of hydrogen-bond donors (Lipinski definition) is 0. The molecule has 6 rings (SSSR count). The van der Waals surface area contributed by atoms with Crippen molar-refractivity contribution < 1.29 is 4.42 Å². The Morgan fingerprint density at radius 1 is 0.576 bits per heavy atom. The molecule has 3 heteroatoms. The molecule has 0 spiro atoms. The molecule has 0 saturated heterocycles. The van der Waals surface area contributed by atoms with Crippen LogP contribution >= 0.6 is 0 Å². The second-order valence-corrected chi connectivity index (χ2v) is 12.5. The van der Waals surface area contributed by atoms with E-state index in [-0.39, 0.29) is 0 Å². The smallest absolute Gasteiger partial charge is 0.150 e. The summed E-state index contributed by atoms with van der Waals surface area (Å²) < 4.78 is 6.75. The molecule has 2 heterocycles. The molecule has 0 aliphatic rings. The predicted molar refractivity (Wildman–Crippen MR) is 140 cm³/mol. The van der Waals surface area contributed by atoms with E-state index in [2.05, 4.69) is 109 Å². The van der Waals surface area contributed by atoms with Crippen LogP contribution in [0.15, 0.2) is 126 Å². The highest BCUT2D eigenvalue weighted by molar-refractivity contribution is 7.11. The summed E-state index contributed by atoms with van der Waals surface area (Å²) in [5, 5.41) is 6.32. The Morgan fingerprint density at radius 3 is 1.82 bits per heavy atom. The molecule has 33 heavy (non-hydrogen) atoms. The van der Waals surface area contributed by atoms with Crippen molar-refractivity contribution in [2.24, 2.45) is 0 Å². The van der Waals surface area contributed by atoms with Crippen molar-refractivity contribution in [3.8, 4) is 11.3 Å². The number of aromatic nitrogens is 1. The van der Waals surface area contributed by atoms with Crippen molar-refractivity contribution >= 4 is 45.6 Å². The highest BCUT2D eigenvalue weighted by Crippen LogP contribution is 2.35. The minimum absolute atomic E-state index is 0.899. The molecule has 0 N–H and O–H groups in total. The normalized spacial score (nSPS) is 11.8. The van der Waals surface area contributed by atoms with Crippen molar-refractivity contribution in [3.63, 3.8) is 0 Å². The zero-order valence-corrected chi connectivity index (χ0v) is 19.4. The SMILES string of the molecule is C[Si](c1ccccc1)(c1ccccc1)c1cccc2c1oc1c(-c3ccccn3)cccc12. The van der Waals surface area contributed by atoms with Gasteiger partial charge in [0.2, 0.25) is 0 Å². The van der Waals surface area contributed by atoms with Gasteiger partial charge in [-0.1, -0.05) is 104 Å². The topological polar surface area (TPSA) is 26.0 Å². The summed E-state index contributed by atoms with van der Waals surface area (Å²) in [4.78, 5) is 4.58. The molecule has 0 fully saturated rings. The van der Waals surface area contributed by atoms with Gasteiger partial charge in [-0.15, -0.1) is 0 Å². The van der Waals surface area contributed by atoms with Gasteiger partial charge in [-0.25, -0.2) is 0 Å². The van der Waals surface area contributed by atoms with E-state index in [9.17, 15) is 0 Å². The summed E-state index contributed by atoms with van der Waals surface area (Å²) in [6.45, 7) is 2.43. The van der Waals surface area contributed by atoms with Crippen LogP contribution in [-0.4, -0.2) is 13.1 Å². The van der Waals surface area contributed by atoms with Crippen molar-refractivity contribution in [3.05, 3.63) is 121 Å². The maximum absolute atomic E-state index is 6.75. The lowest BCUT2D eigenvalue weighted by molar-refractivity contribution is 0.672. The molecule has 0 unspecified atom stereocenters. The molecule has 4 aromatic carbocycles. The van der Waals surface area contributed by atoms with Gasteiger partial charge in [0.1, 0.15) is 19.2 Å². The van der Waals surface area contributed by atoms with Crippen molar-refractivity contribution in [1.29, 1.82) is 0 Å². The molecule has 0 aliphatic heterocycles. The monoisotopic (exact) mass is 441 g/mol. The summed E-state index contributed by atoms with van der Waals surface area (Å²) in [6, 6.07) is 40.8. The van der Waals surface area contributed by atoms with Gasteiger partial charge in [0.15, 0.2) is 0 Å². The van der Waals surface area contributed by atoms with Gasteiger partial charge in [0, 0.05) is 22.5 Å². The molecule has 0 atom stereocenters. The van der Waals surface area contributed by atoms with Gasteiger partial charge < -0.3 is 4.42 Å². The minimum Gasteiger partial charge on any atom is -0.455 e. The first kappa shape index (κ1) is 19.7.